The summed E-state index contributed by atoms with van der Waals surface area (Å²) in [6.45, 7) is 1.50. The zero-order chi connectivity index (χ0) is 27.4. The largest absolute Gasteiger partial charge is 0.458 e. The van der Waals surface area contributed by atoms with Gasteiger partial charge in [0.2, 0.25) is 5.91 Å². The number of aryl methyl sites for hydroxylation is 1. The number of cyclic esters (lactones) is 1. The molecule has 1 fully saturated rings. The molecular weight excluding hydrogens is 529 g/mol. The summed E-state index contributed by atoms with van der Waals surface area (Å²) < 4.78 is 21.5. The number of hydrogen-bond donors (Lipinski definition) is 3. The summed E-state index contributed by atoms with van der Waals surface area (Å²) in [7, 11) is 0. The number of fused-ring (bicyclic) bond motifs is 5. The fourth-order valence-corrected chi connectivity index (χ4v) is 6.63. The predicted molar refractivity (Wildman–Crippen MR) is 137 cm³/mol. The number of nitrogens with zero attached hydrogens (tertiary/aromatic N) is 2. The Morgan fingerprint density at radius 2 is 2.05 bits per heavy atom. The van der Waals surface area contributed by atoms with Crippen LogP contribution in [0.4, 0.5) is 4.39 Å². The minimum atomic E-state index is -1.97. The van der Waals surface area contributed by atoms with E-state index in [1.165, 1.54) is 10.6 Å². The second-order valence-corrected chi connectivity index (χ2v) is 11.3. The van der Waals surface area contributed by atoms with Crippen molar-refractivity contribution in [3.63, 3.8) is 0 Å². The highest BCUT2D eigenvalue weighted by atomic mass is 35.5. The second-order valence-electron chi connectivity index (χ2n) is 10.9. The summed E-state index contributed by atoms with van der Waals surface area (Å²) in [5.41, 5.74) is 1.06. The van der Waals surface area contributed by atoms with E-state index in [-0.39, 0.29) is 41.6 Å². The lowest BCUT2D eigenvalue weighted by Gasteiger charge is -2.31. The van der Waals surface area contributed by atoms with E-state index in [2.05, 4.69) is 5.32 Å². The Balaban J connectivity index is 1.46. The molecule has 0 radical (unpaired) electrons. The van der Waals surface area contributed by atoms with E-state index in [1.54, 1.807) is 13.0 Å². The first-order valence-corrected chi connectivity index (χ1v) is 13.5. The highest BCUT2D eigenvalue weighted by molar-refractivity contribution is 6.32. The van der Waals surface area contributed by atoms with Gasteiger partial charge in [0, 0.05) is 22.6 Å². The van der Waals surface area contributed by atoms with Crippen molar-refractivity contribution in [1.29, 1.82) is 0 Å². The normalized spacial score (nSPS) is 23.6. The lowest BCUT2D eigenvalue weighted by atomic mass is 9.83. The first kappa shape index (κ1) is 24.7. The zero-order valence-electron chi connectivity index (χ0n) is 21.0. The maximum atomic E-state index is 14.9. The maximum absolute atomic E-state index is 14.9. The van der Waals surface area contributed by atoms with Gasteiger partial charge in [-0.1, -0.05) is 18.5 Å². The number of nitrogens with one attached hydrogen (secondary N) is 1. The Morgan fingerprint density at radius 3 is 2.77 bits per heavy atom. The van der Waals surface area contributed by atoms with Gasteiger partial charge in [0.25, 0.3) is 5.56 Å². The van der Waals surface area contributed by atoms with Gasteiger partial charge in [0.1, 0.15) is 18.5 Å². The van der Waals surface area contributed by atoms with Gasteiger partial charge in [0.15, 0.2) is 5.60 Å². The molecule has 2 aliphatic carbocycles. The zero-order valence-corrected chi connectivity index (χ0v) is 21.8. The molecule has 3 N–H and O–H groups in total. The van der Waals surface area contributed by atoms with Crippen molar-refractivity contribution in [2.24, 2.45) is 5.92 Å². The maximum Gasteiger partial charge on any atom is 0.343 e. The van der Waals surface area contributed by atoms with E-state index < -0.39 is 41.0 Å². The van der Waals surface area contributed by atoms with Crippen LogP contribution in [-0.4, -0.2) is 37.7 Å². The fraction of sp³-hybridized carbons (Fsp3) is 0.429. The first-order valence-electron chi connectivity index (χ1n) is 13.1. The van der Waals surface area contributed by atoms with E-state index >= 15 is 0 Å². The molecule has 3 aromatic rings. The lowest BCUT2D eigenvalue weighted by molar-refractivity contribution is -0.172. The number of esters is 1. The van der Waals surface area contributed by atoms with E-state index in [1.807, 2.05) is 0 Å². The number of benzene rings is 1. The van der Waals surface area contributed by atoms with Crippen molar-refractivity contribution >= 4 is 34.4 Å². The quantitative estimate of drug-likeness (QED) is 0.331. The van der Waals surface area contributed by atoms with Crippen LogP contribution in [0.25, 0.3) is 22.3 Å². The van der Waals surface area contributed by atoms with Crippen molar-refractivity contribution in [3.05, 3.63) is 61.1 Å². The Morgan fingerprint density at radius 1 is 1.28 bits per heavy atom. The van der Waals surface area contributed by atoms with Crippen LogP contribution in [0, 0.1) is 11.7 Å². The predicted octanol–water partition coefficient (Wildman–Crippen LogP) is 2.75. The van der Waals surface area contributed by atoms with Gasteiger partial charge in [-0.15, -0.1) is 0 Å². The molecule has 1 saturated carbocycles. The van der Waals surface area contributed by atoms with Gasteiger partial charge in [-0.25, -0.2) is 14.2 Å². The minimum absolute atomic E-state index is 0.0000971. The van der Waals surface area contributed by atoms with Crippen LogP contribution >= 0.6 is 11.6 Å². The molecule has 0 spiro atoms. The molecule has 1 amide bonds. The SMILES string of the molecule is CC[C@@]1(O)C(=O)OCc2c1cc1n(c2=O)Cc2c-1nc1cc(F)c(Cl)c3c1c2[C@@H](NC(=O)[C@H](O)C1CC1)CC3. The number of aromatic nitrogens is 2. The molecule has 7 rings (SSSR count). The number of aliphatic hydroxyl groups excluding tert-OH is 1. The molecule has 9 nitrogen and oxygen atoms in total. The Bertz CT molecular complexity index is 1700. The average molecular weight is 554 g/mol. The van der Waals surface area contributed by atoms with Crippen LogP contribution in [-0.2, 0) is 39.5 Å². The van der Waals surface area contributed by atoms with Crippen molar-refractivity contribution in [2.45, 2.75) is 69.9 Å². The highest BCUT2D eigenvalue weighted by Crippen LogP contribution is 2.47. The van der Waals surface area contributed by atoms with Crippen molar-refractivity contribution in [1.82, 2.24) is 14.9 Å². The minimum Gasteiger partial charge on any atom is -0.458 e. The summed E-state index contributed by atoms with van der Waals surface area (Å²) in [6, 6.07) is 2.32. The van der Waals surface area contributed by atoms with Crippen LogP contribution in [0.3, 0.4) is 0 Å². The lowest BCUT2D eigenvalue weighted by Crippen LogP contribution is -2.44. The molecule has 3 atom stereocenters. The number of rotatable bonds is 4. The van der Waals surface area contributed by atoms with Gasteiger partial charge < -0.3 is 24.8 Å². The summed E-state index contributed by atoms with van der Waals surface area (Å²) in [6.07, 6.45) is 1.31. The number of carbonyl (C=O) groups is 2. The van der Waals surface area contributed by atoms with Gasteiger partial charge >= 0.3 is 5.97 Å². The Labute approximate surface area is 226 Å². The number of carbonyl (C=O) groups excluding carboxylic acids is 2. The van der Waals surface area contributed by atoms with E-state index in [9.17, 15) is 29.0 Å². The van der Waals surface area contributed by atoms with E-state index in [4.69, 9.17) is 21.3 Å². The first-order chi connectivity index (χ1) is 18.6. The number of hydrogen-bond acceptors (Lipinski definition) is 7. The average Bonchev–Trinajstić information content (AvgIpc) is 3.71. The van der Waals surface area contributed by atoms with Crippen LogP contribution < -0.4 is 10.9 Å². The molecule has 0 unspecified atom stereocenters. The highest BCUT2D eigenvalue weighted by Gasteiger charge is 2.46. The molecular formula is C28H25ClFN3O6. The molecule has 202 valence electrons. The molecule has 4 aliphatic rings. The van der Waals surface area contributed by atoms with Gasteiger partial charge in [-0.05, 0) is 55.2 Å². The molecule has 39 heavy (non-hydrogen) atoms. The van der Waals surface area contributed by atoms with Crippen molar-refractivity contribution in [2.75, 3.05) is 0 Å². The molecule has 1 aromatic carbocycles. The number of amides is 1. The smallest absolute Gasteiger partial charge is 0.343 e. The Hall–Kier alpha value is -3.34. The standard InChI is InChI=1S/C28H25ClFN3O6/c1-2-28(38)15-7-19-23-13(9-33(19)26(36)14(15)10-39-27(28)37)21-17(32-25(35)24(34)11-3-4-11)6-5-12-20(21)18(31-23)8-16(30)22(12)29/h7-8,11,17,24,34,38H,2-6,9-10H2,1H3,(H,32,35)/t17-,24+,28-/m0/s1. The second kappa shape index (κ2) is 8.33. The topological polar surface area (TPSA) is 131 Å². The van der Waals surface area contributed by atoms with Gasteiger partial charge in [0.05, 0.1) is 40.1 Å². The molecule has 4 heterocycles. The summed E-state index contributed by atoms with van der Waals surface area (Å²) >= 11 is 6.39. The van der Waals surface area contributed by atoms with Gasteiger partial charge in [-0.2, -0.15) is 0 Å². The summed E-state index contributed by atoms with van der Waals surface area (Å²) in [5, 5.41) is 25.2. The van der Waals surface area contributed by atoms with Crippen LogP contribution in [0.5, 0.6) is 0 Å². The van der Waals surface area contributed by atoms with Crippen LogP contribution in [0.2, 0.25) is 5.02 Å². The fourth-order valence-electron chi connectivity index (χ4n) is 6.38. The molecule has 11 heteroatoms. The van der Waals surface area contributed by atoms with Crippen molar-refractivity contribution < 1.29 is 28.9 Å². The van der Waals surface area contributed by atoms with Crippen LogP contribution in [0.1, 0.15) is 66.5 Å². The van der Waals surface area contributed by atoms with Gasteiger partial charge in [-0.3, -0.25) is 9.59 Å². The van der Waals surface area contributed by atoms with E-state index in [0.717, 1.165) is 12.8 Å². The monoisotopic (exact) mass is 553 g/mol. The van der Waals surface area contributed by atoms with Crippen molar-refractivity contribution in [3.8, 4) is 11.4 Å². The number of aliphatic hydroxyl groups is 2. The summed E-state index contributed by atoms with van der Waals surface area (Å²) in [5.74, 6) is -1.96. The number of halogens is 2. The molecule has 0 saturated heterocycles. The number of pyridine rings is 2. The molecule has 2 aromatic heterocycles. The third-order valence-electron chi connectivity index (χ3n) is 8.70. The Kier molecular flexibility index (Phi) is 5.27. The molecule has 2 aliphatic heterocycles. The third kappa shape index (κ3) is 3.38. The third-order valence-corrected chi connectivity index (χ3v) is 9.10. The molecule has 0 bridgehead atoms. The van der Waals surface area contributed by atoms with Crippen LogP contribution in [0.15, 0.2) is 16.9 Å². The summed E-state index contributed by atoms with van der Waals surface area (Å²) in [4.78, 5) is 43.8. The number of ether oxygens (including phenoxy) is 1. The van der Waals surface area contributed by atoms with E-state index in [0.29, 0.717) is 51.8 Å².